The van der Waals surface area contributed by atoms with Crippen LogP contribution in [0.1, 0.15) is 13.8 Å². The minimum absolute atomic E-state index is 0.213. The Bertz CT molecular complexity index is 154. The third kappa shape index (κ3) is 2.37. The molecule has 3 heteroatoms. The van der Waals surface area contributed by atoms with Crippen molar-refractivity contribution in [1.82, 2.24) is 0 Å². The maximum absolute atomic E-state index is 10.2. The van der Waals surface area contributed by atoms with Crippen LogP contribution in [0.15, 0.2) is 11.6 Å². The lowest BCUT2D eigenvalue weighted by atomic mass is 10.2. The van der Waals surface area contributed by atoms with Crippen LogP contribution in [0.2, 0.25) is 0 Å². The average molecular weight is 144 g/mol. The van der Waals surface area contributed by atoms with Gasteiger partial charge in [-0.3, -0.25) is 0 Å². The minimum Gasteiger partial charge on any atom is -0.478 e. The second-order valence-corrected chi connectivity index (χ2v) is 2.18. The second kappa shape index (κ2) is 3.35. The molecule has 9 heavy (non-hydrogen) atoms. The van der Waals surface area contributed by atoms with Crippen LogP contribution in [0.25, 0.3) is 0 Å². The Morgan fingerprint density at radius 2 is 2.11 bits per heavy atom. The molecule has 1 N–H and O–H groups in total. The number of thiocarbonyl (C=S) groups is 1. The van der Waals surface area contributed by atoms with E-state index in [1.807, 2.05) is 0 Å². The lowest BCUT2D eigenvalue weighted by Crippen LogP contribution is -2.06. The van der Waals surface area contributed by atoms with Gasteiger partial charge in [-0.2, -0.15) is 0 Å². The van der Waals surface area contributed by atoms with Gasteiger partial charge in [0.05, 0.1) is 5.57 Å². The summed E-state index contributed by atoms with van der Waals surface area (Å²) in [5, 5.41) is 8.39. The standard InChI is InChI=1S/C6H8O2S/c1-3-5(4(2)9)6(7)8/h3H,1-2H3,(H,7,8). The molecule has 0 rings (SSSR count). The molecule has 0 aromatic heterocycles. The summed E-state index contributed by atoms with van der Waals surface area (Å²) in [4.78, 5) is 10.6. The topological polar surface area (TPSA) is 37.3 Å². The molecule has 0 fully saturated rings. The van der Waals surface area contributed by atoms with Crippen molar-refractivity contribution in [2.45, 2.75) is 13.8 Å². The summed E-state index contributed by atoms with van der Waals surface area (Å²) in [6.07, 6.45) is 1.49. The molecule has 0 saturated carbocycles. The van der Waals surface area contributed by atoms with Gasteiger partial charge >= 0.3 is 5.97 Å². The molecule has 0 unspecified atom stereocenters. The van der Waals surface area contributed by atoms with Crippen molar-refractivity contribution in [2.75, 3.05) is 0 Å². The zero-order chi connectivity index (χ0) is 7.44. The van der Waals surface area contributed by atoms with Gasteiger partial charge in [0, 0.05) is 4.86 Å². The van der Waals surface area contributed by atoms with E-state index in [2.05, 4.69) is 12.2 Å². The summed E-state index contributed by atoms with van der Waals surface area (Å²) in [7, 11) is 0. The normalized spacial score (nSPS) is 11.1. The molecule has 0 radical (unpaired) electrons. The van der Waals surface area contributed by atoms with E-state index in [0.29, 0.717) is 4.86 Å². The maximum atomic E-state index is 10.2. The van der Waals surface area contributed by atoms with Crippen LogP contribution >= 0.6 is 12.2 Å². The summed E-state index contributed by atoms with van der Waals surface area (Å²) in [6.45, 7) is 3.25. The number of hydrogen-bond acceptors (Lipinski definition) is 2. The van der Waals surface area contributed by atoms with Crippen molar-refractivity contribution in [2.24, 2.45) is 0 Å². The number of rotatable bonds is 2. The van der Waals surface area contributed by atoms with Gasteiger partial charge in [0.15, 0.2) is 0 Å². The molecule has 0 saturated heterocycles. The highest BCUT2D eigenvalue weighted by Crippen LogP contribution is 1.96. The summed E-state index contributed by atoms with van der Waals surface area (Å²) in [5.41, 5.74) is 0.213. The number of hydrogen-bond donors (Lipinski definition) is 1. The number of allylic oxidation sites excluding steroid dienone is 1. The Morgan fingerprint density at radius 1 is 1.67 bits per heavy atom. The van der Waals surface area contributed by atoms with Crippen LogP contribution in [0.4, 0.5) is 0 Å². The molecule has 0 aromatic rings. The molecule has 50 valence electrons. The molecule has 0 bridgehead atoms. The van der Waals surface area contributed by atoms with Crippen molar-refractivity contribution in [1.29, 1.82) is 0 Å². The van der Waals surface area contributed by atoms with Crippen molar-refractivity contribution >= 4 is 23.1 Å². The van der Waals surface area contributed by atoms with Crippen molar-refractivity contribution in [3.05, 3.63) is 11.6 Å². The smallest absolute Gasteiger partial charge is 0.336 e. The summed E-state index contributed by atoms with van der Waals surface area (Å²) >= 11 is 4.64. The van der Waals surface area contributed by atoms with Gasteiger partial charge in [0.1, 0.15) is 0 Å². The van der Waals surface area contributed by atoms with E-state index in [4.69, 9.17) is 5.11 Å². The maximum Gasteiger partial charge on any atom is 0.336 e. The third-order valence-electron chi connectivity index (χ3n) is 0.898. The largest absolute Gasteiger partial charge is 0.478 e. The highest BCUT2D eigenvalue weighted by atomic mass is 32.1. The molecule has 0 spiro atoms. The molecule has 0 aliphatic heterocycles. The van der Waals surface area contributed by atoms with Crippen molar-refractivity contribution < 1.29 is 9.90 Å². The fraction of sp³-hybridized carbons (Fsp3) is 0.333. The van der Waals surface area contributed by atoms with Gasteiger partial charge in [-0.05, 0) is 13.8 Å². The van der Waals surface area contributed by atoms with Gasteiger partial charge in [-0.1, -0.05) is 18.3 Å². The third-order valence-corrected chi connectivity index (χ3v) is 1.12. The average Bonchev–Trinajstić information content (AvgIpc) is 1.64. The Balaban J connectivity index is 4.38. The predicted molar refractivity (Wildman–Crippen MR) is 39.7 cm³/mol. The molecule has 2 nitrogen and oxygen atoms in total. The van der Waals surface area contributed by atoms with Gasteiger partial charge in [-0.15, -0.1) is 0 Å². The van der Waals surface area contributed by atoms with Gasteiger partial charge < -0.3 is 5.11 Å². The van der Waals surface area contributed by atoms with E-state index >= 15 is 0 Å². The fourth-order valence-corrected chi connectivity index (χ4v) is 0.682. The van der Waals surface area contributed by atoms with Crippen LogP contribution in [0.5, 0.6) is 0 Å². The highest BCUT2D eigenvalue weighted by molar-refractivity contribution is 7.80. The number of carbonyl (C=O) groups is 1. The van der Waals surface area contributed by atoms with Gasteiger partial charge in [-0.25, -0.2) is 4.79 Å². The first kappa shape index (κ1) is 8.30. The van der Waals surface area contributed by atoms with Crippen molar-refractivity contribution in [3.8, 4) is 0 Å². The molecular formula is C6H8O2S. The van der Waals surface area contributed by atoms with E-state index in [9.17, 15) is 4.79 Å². The van der Waals surface area contributed by atoms with E-state index in [-0.39, 0.29) is 5.57 Å². The summed E-state index contributed by atoms with van der Waals surface area (Å²) < 4.78 is 0. The molecule has 0 aliphatic carbocycles. The van der Waals surface area contributed by atoms with Crippen LogP contribution < -0.4 is 0 Å². The molecule has 0 aliphatic rings. The molecular weight excluding hydrogens is 136 g/mol. The molecule has 0 atom stereocenters. The fourth-order valence-electron chi connectivity index (χ4n) is 0.477. The predicted octanol–water partition coefficient (Wildman–Crippen LogP) is 1.41. The van der Waals surface area contributed by atoms with E-state index in [1.165, 1.54) is 6.08 Å². The molecule has 0 heterocycles. The summed E-state index contributed by atoms with van der Waals surface area (Å²) in [6, 6.07) is 0. The van der Waals surface area contributed by atoms with Gasteiger partial charge in [0.25, 0.3) is 0 Å². The quantitative estimate of drug-likeness (QED) is 0.470. The Kier molecular flexibility index (Phi) is 3.09. The Hall–Kier alpha value is -0.700. The SMILES string of the molecule is CC=C(C(=O)O)C(C)=S. The first-order chi connectivity index (χ1) is 4.09. The van der Waals surface area contributed by atoms with Crippen LogP contribution in [0, 0.1) is 0 Å². The Morgan fingerprint density at radius 3 is 2.11 bits per heavy atom. The van der Waals surface area contributed by atoms with E-state index in [1.54, 1.807) is 13.8 Å². The van der Waals surface area contributed by atoms with Crippen molar-refractivity contribution in [3.63, 3.8) is 0 Å². The zero-order valence-corrected chi connectivity index (χ0v) is 6.16. The Labute approximate surface area is 59.2 Å². The molecule has 0 amide bonds. The lowest BCUT2D eigenvalue weighted by Gasteiger charge is -1.93. The van der Waals surface area contributed by atoms with E-state index < -0.39 is 5.97 Å². The number of carboxylic acids is 1. The zero-order valence-electron chi connectivity index (χ0n) is 5.34. The van der Waals surface area contributed by atoms with E-state index in [0.717, 1.165) is 0 Å². The molecule has 0 aromatic carbocycles. The second-order valence-electron chi connectivity index (χ2n) is 1.56. The van der Waals surface area contributed by atoms with Crippen LogP contribution in [-0.4, -0.2) is 15.9 Å². The highest BCUT2D eigenvalue weighted by Gasteiger charge is 2.05. The monoisotopic (exact) mass is 144 g/mol. The number of carboxylic acid groups (broad SMARTS) is 1. The lowest BCUT2D eigenvalue weighted by molar-refractivity contribution is -0.132. The van der Waals surface area contributed by atoms with Crippen LogP contribution in [-0.2, 0) is 4.79 Å². The minimum atomic E-state index is -0.954. The number of aliphatic carboxylic acids is 1. The van der Waals surface area contributed by atoms with Gasteiger partial charge in [0.2, 0.25) is 0 Å². The first-order valence-electron chi connectivity index (χ1n) is 2.50. The van der Waals surface area contributed by atoms with Crippen LogP contribution in [0.3, 0.4) is 0 Å². The first-order valence-corrected chi connectivity index (χ1v) is 2.91. The summed E-state index contributed by atoms with van der Waals surface area (Å²) in [5.74, 6) is -0.954.